The van der Waals surface area contributed by atoms with E-state index < -0.39 is 25.2 Å². The lowest BCUT2D eigenvalue weighted by molar-refractivity contribution is -0.126. The van der Waals surface area contributed by atoms with Gasteiger partial charge in [-0.15, -0.1) is 0 Å². The molecule has 0 radical (unpaired) electrons. The molecule has 1 rings (SSSR count). The van der Waals surface area contributed by atoms with Crippen molar-refractivity contribution in [3.63, 3.8) is 0 Å². The number of methoxy groups -OCH3 is 1. The fourth-order valence-electron chi connectivity index (χ4n) is 1.38. The fourth-order valence-corrected chi connectivity index (χ4v) is 1.38. The monoisotopic (exact) mass is 287 g/mol. The third-order valence-corrected chi connectivity index (χ3v) is 2.22. The van der Waals surface area contributed by atoms with Gasteiger partial charge in [-0.3, -0.25) is 4.79 Å². The van der Waals surface area contributed by atoms with Gasteiger partial charge in [0.1, 0.15) is 5.75 Å². The van der Waals surface area contributed by atoms with Gasteiger partial charge in [-0.25, -0.2) is 0 Å². The Balaban J connectivity index is 2.60. The highest BCUT2D eigenvalue weighted by Gasteiger charge is 2.26. The topological polar surface area (TPSA) is 74.1 Å². The third-order valence-electron chi connectivity index (χ3n) is 2.22. The molecular weight excluding hydrogens is 275 g/mol. The average Bonchev–Trinajstić information content (AvgIpc) is 2.37. The number of benzene rings is 1. The smallest absolute Gasteiger partial charge is 0.401 e. The molecule has 8 heteroatoms. The Morgan fingerprint density at radius 2 is 2.15 bits per heavy atom. The van der Waals surface area contributed by atoms with Gasteiger partial charge in [0.25, 0.3) is 0 Å². The number of carbonyl (C=O) groups is 1. The molecule has 0 atom stereocenters. The normalized spacial score (nSPS) is 10.8. The van der Waals surface area contributed by atoms with Gasteiger partial charge < -0.3 is 15.4 Å². The maximum absolute atomic E-state index is 11.9. The summed E-state index contributed by atoms with van der Waals surface area (Å²) in [7, 11) is 1.36. The van der Waals surface area contributed by atoms with Crippen molar-refractivity contribution >= 4 is 11.6 Å². The predicted octanol–water partition coefficient (Wildman–Crippen LogP) is 1.66. The van der Waals surface area contributed by atoms with E-state index in [1.165, 1.54) is 25.3 Å². The van der Waals surface area contributed by atoms with Crippen molar-refractivity contribution in [2.45, 2.75) is 6.18 Å². The van der Waals surface area contributed by atoms with E-state index >= 15 is 0 Å². The highest BCUT2D eigenvalue weighted by Crippen LogP contribution is 2.25. The van der Waals surface area contributed by atoms with Crippen molar-refractivity contribution < 1.29 is 22.7 Å². The van der Waals surface area contributed by atoms with Crippen LogP contribution in [0.5, 0.6) is 5.75 Å². The number of anilines is 1. The van der Waals surface area contributed by atoms with Crippen LogP contribution >= 0.6 is 0 Å². The highest BCUT2D eigenvalue weighted by molar-refractivity contribution is 5.93. The van der Waals surface area contributed by atoms with E-state index in [-0.39, 0.29) is 11.4 Å². The van der Waals surface area contributed by atoms with E-state index in [1.54, 1.807) is 0 Å². The van der Waals surface area contributed by atoms with Crippen LogP contribution in [0.25, 0.3) is 0 Å². The van der Waals surface area contributed by atoms with Crippen molar-refractivity contribution in [3.8, 4) is 11.8 Å². The first-order valence-corrected chi connectivity index (χ1v) is 5.51. The van der Waals surface area contributed by atoms with Gasteiger partial charge in [0.2, 0.25) is 5.91 Å². The largest absolute Gasteiger partial charge is 0.495 e. The van der Waals surface area contributed by atoms with Crippen LogP contribution in [0.4, 0.5) is 18.9 Å². The zero-order chi connectivity index (χ0) is 15.2. The van der Waals surface area contributed by atoms with Crippen molar-refractivity contribution in [2.24, 2.45) is 0 Å². The van der Waals surface area contributed by atoms with Crippen LogP contribution in [0, 0.1) is 11.3 Å². The average molecular weight is 287 g/mol. The quantitative estimate of drug-likeness (QED) is 0.863. The maximum atomic E-state index is 11.9. The lowest BCUT2D eigenvalue weighted by atomic mass is 10.2. The second-order valence-electron chi connectivity index (χ2n) is 3.79. The lowest BCUT2D eigenvalue weighted by Crippen LogP contribution is -2.35. The Kier molecular flexibility index (Phi) is 5.34. The molecule has 1 amide bonds. The lowest BCUT2D eigenvalue weighted by Gasteiger charge is -2.11. The van der Waals surface area contributed by atoms with E-state index in [9.17, 15) is 18.0 Å². The molecule has 0 saturated heterocycles. The van der Waals surface area contributed by atoms with Crippen molar-refractivity contribution in [1.29, 1.82) is 5.26 Å². The summed E-state index contributed by atoms with van der Waals surface area (Å²) in [5.74, 6) is -0.384. The van der Waals surface area contributed by atoms with Crippen molar-refractivity contribution in [1.82, 2.24) is 5.32 Å². The van der Waals surface area contributed by atoms with Gasteiger partial charge in [-0.05, 0) is 12.1 Å². The first kappa shape index (κ1) is 15.8. The Hall–Kier alpha value is -2.27. The number of amides is 1. The van der Waals surface area contributed by atoms with Crippen molar-refractivity contribution in [3.05, 3.63) is 23.8 Å². The summed E-state index contributed by atoms with van der Waals surface area (Å²) in [6.45, 7) is -1.73. The SMILES string of the molecule is COc1cc(C#N)ccc1NC(=O)CNCC(F)(F)F. The number of ether oxygens (including phenoxy) is 1. The Morgan fingerprint density at radius 1 is 1.45 bits per heavy atom. The van der Waals surface area contributed by atoms with Gasteiger partial charge in [-0.2, -0.15) is 18.4 Å². The molecule has 0 bridgehead atoms. The van der Waals surface area contributed by atoms with Gasteiger partial charge in [-0.1, -0.05) is 0 Å². The standard InChI is InChI=1S/C12H12F3N3O2/c1-20-10-4-8(5-16)2-3-9(10)18-11(19)6-17-7-12(13,14)15/h2-4,17H,6-7H2,1H3,(H,18,19). The minimum atomic E-state index is -4.37. The Labute approximate surface area is 113 Å². The number of hydrogen-bond donors (Lipinski definition) is 2. The van der Waals surface area contributed by atoms with E-state index in [2.05, 4.69) is 5.32 Å². The van der Waals surface area contributed by atoms with Crippen LogP contribution in [0.15, 0.2) is 18.2 Å². The molecule has 20 heavy (non-hydrogen) atoms. The molecule has 0 aliphatic carbocycles. The van der Waals surface area contributed by atoms with E-state index in [0.717, 1.165) is 0 Å². The molecule has 0 aliphatic rings. The van der Waals surface area contributed by atoms with E-state index in [4.69, 9.17) is 10.00 Å². The molecule has 0 saturated carbocycles. The molecule has 108 valence electrons. The van der Waals surface area contributed by atoms with Crippen molar-refractivity contribution in [2.75, 3.05) is 25.5 Å². The number of nitrogens with one attached hydrogen (secondary N) is 2. The van der Waals surface area contributed by atoms with Crippen LogP contribution in [0.2, 0.25) is 0 Å². The van der Waals surface area contributed by atoms with Crippen LogP contribution in [-0.2, 0) is 4.79 Å². The number of alkyl halides is 3. The first-order valence-electron chi connectivity index (χ1n) is 5.51. The summed E-state index contributed by atoms with van der Waals surface area (Å²) < 4.78 is 40.7. The summed E-state index contributed by atoms with van der Waals surface area (Å²) in [5, 5.41) is 13.1. The zero-order valence-corrected chi connectivity index (χ0v) is 10.5. The van der Waals surface area contributed by atoms with E-state index in [0.29, 0.717) is 5.56 Å². The minimum absolute atomic E-state index is 0.258. The number of hydrogen-bond acceptors (Lipinski definition) is 4. The Morgan fingerprint density at radius 3 is 2.70 bits per heavy atom. The van der Waals surface area contributed by atoms with Crippen LogP contribution in [0.1, 0.15) is 5.56 Å². The molecule has 0 aromatic heterocycles. The minimum Gasteiger partial charge on any atom is -0.495 e. The number of halogens is 3. The van der Waals surface area contributed by atoms with Gasteiger partial charge in [0.05, 0.1) is 37.5 Å². The fraction of sp³-hybridized carbons (Fsp3) is 0.333. The molecule has 0 unspecified atom stereocenters. The molecule has 0 aliphatic heterocycles. The third kappa shape index (κ3) is 5.16. The molecule has 0 spiro atoms. The molecule has 5 nitrogen and oxygen atoms in total. The maximum Gasteiger partial charge on any atom is 0.401 e. The molecule has 1 aromatic rings. The summed E-state index contributed by atoms with van der Waals surface area (Å²) in [6.07, 6.45) is -4.37. The predicted molar refractivity (Wildman–Crippen MR) is 65.3 cm³/mol. The molecule has 2 N–H and O–H groups in total. The van der Waals surface area contributed by atoms with Crippen LogP contribution in [-0.4, -0.2) is 32.3 Å². The van der Waals surface area contributed by atoms with Gasteiger partial charge >= 0.3 is 6.18 Å². The highest BCUT2D eigenvalue weighted by atomic mass is 19.4. The molecule has 1 aromatic carbocycles. The summed E-state index contributed by atoms with van der Waals surface area (Å²) in [6, 6.07) is 6.22. The summed E-state index contributed by atoms with van der Waals surface area (Å²) in [4.78, 5) is 11.5. The number of carbonyl (C=O) groups excluding carboxylic acids is 1. The number of nitriles is 1. The van der Waals surface area contributed by atoms with Crippen LogP contribution in [0.3, 0.4) is 0 Å². The molecular formula is C12H12F3N3O2. The first-order chi connectivity index (χ1) is 9.35. The van der Waals surface area contributed by atoms with Gasteiger partial charge in [0.15, 0.2) is 0 Å². The second kappa shape index (κ2) is 6.77. The number of rotatable bonds is 5. The zero-order valence-electron chi connectivity index (χ0n) is 10.5. The Bertz CT molecular complexity index is 524. The second-order valence-corrected chi connectivity index (χ2v) is 3.79. The van der Waals surface area contributed by atoms with Gasteiger partial charge in [0, 0.05) is 6.07 Å². The van der Waals surface area contributed by atoms with E-state index in [1.807, 2.05) is 11.4 Å². The van der Waals surface area contributed by atoms with Crippen LogP contribution < -0.4 is 15.4 Å². The molecule has 0 fully saturated rings. The summed E-state index contributed by atoms with van der Waals surface area (Å²) >= 11 is 0. The molecule has 0 heterocycles. The number of nitrogens with zero attached hydrogens (tertiary/aromatic N) is 1. The summed E-state index contributed by atoms with van der Waals surface area (Å²) in [5.41, 5.74) is 0.625.